The molecule has 0 saturated carbocycles. The highest BCUT2D eigenvalue weighted by Gasteiger charge is 2.46. The Morgan fingerprint density at radius 3 is 2.45 bits per heavy atom. The molecule has 1 aliphatic rings. The van der Waals surface area contributed by atoms with Crippen LogP contribution in [0.4, 0.5) is 0 Å². The number of ether oxygens (including phenoxy) is 1. The van der Waals surface area contributed by atoms with E-state index in [4.69, 9.17) is 33.1 Å². The number of halogens is 2. The smallest absolute Gasteiger partial charge is 0.265 e. The highest BCUT2D eigenvalue weighted by molar-refractivity contribution is 6.34. The Morgan fingerprint density at radius 1 is 1.24 bits per heavy atom. The van der Waals surface area contributed by atoms with Crippen LogP contribution >= 0.6 is 23.2 Å². The molecule has 1 fully saturated rings. The molecule has 154 valence electrons. The minimum Gasteiger partial charge on any atom is -0.489 e. The number of nitrogens with zero attached hydrogens (tertiary/aromatic N) is 1. The molecule has 0 aliphatic carbocycles. The fraction of sp³-hybridized carbons (Fsp3) is 0.333. The molecule has 0 bridgehead atoms. The molecule has 0 spiro atoms. The van der Waals surface area contributed by atoms with Gasteiger partial charge in [-0.3, -0.25) is 14.8 Å². The lowest BCUT2D eigenvalue weighted by molar-refractivity contribution is -0.143. The minimum atomic E-state index is -0.735. The second-order valence-corrected chi connectivity index (χ2v) is 8.20. The van der Waals surface area contributed by atoms with Gasteiger partial charge in [0.2, 0.25) is 5.91 Å². The molecule has 2 atom stereocenters. The van der Waals surface area contributed by atoms with Gasteiger partial charge < -0.3 is 9.64 Å². The lowest BCUT2D eigenvalue weighted by Crippen LogP contribution is -2.47. The fourth-order valence-corrected chi connectivity index (χ4v) is 4.09. The first-order valence-electron chi connectivity index (χ1n) is 9.18. The summed E-state index contributed by atoms with van der Waals surface area (Å²) in [7, 11) is 0. The molecule has 6 nitrogen and oxygen atoms in total. The number of hydrogen-bond donors (Lipinski definition) is 2. The number of rotatable bonds is 6. The zero-order valence-electron chi connectivity index (χ0n) is 16.1. The van der Waals surface area contributed by atoms with Gasteiger partial charge in [0.15, 0.2) is 0 Å². The van der Waals surface area contributed by atoms with Crippen molar-refractivity contribution in [2.45, 2.75) is 38.3 Å². The van der Waals surface area contributed by atoms with E-state index in [1.807, 2.05) is 31.2 Å². The number of benzene rings is 2. The number of likely N-dealkylation sites (tertiary alicyclic amines) is 1. The maximum Gasteiger partial charge on any atom is 0.265 e. The van der Waals surface area contributed by atoms with Gasteiger partial charge >= 0.3 is 0 Å². The number of carbonyl (C=O) groups is 2. The summed E-state index contributed by atoms with van der Waals surface area (Å²) in [4.78, 5) is 26.1. The summed E-state index contributed by atoms with van der Waals surface area (Å²) < 4.78 is 5.79. The van der Waals surface area contributed by atoms with Crippen LogP contribution in [0, 0.1) is 0 Å². The standard InChI is InChI=1S/C21H22Cl2N2O4/c1-13(19(26)24-28)25-8-7-21(2,20(25)27)15-3-5-18(6-4-15)29-12-14-9-16(22)11-17(23)10-14/h3-6,9-11,13,28H,7-8,12H2,1-2H3,(H,24,26). The van der Waals surface area contributed by atoms with E-state index in [0.29, 0.717) is 35.4 Å². The van der Waals surface area contributed by atoms with Gasteiger partial charge in [0.1, 0.15) is 18.4 Å². The average Bonchev–Trinajstić information content (AvgIpc) is 3.00. The van der Waals surface area contributed by atoms with E-state index >= 15 is 0 Å². The molecule has 2 aromatic carbocycles. The Kier molecular flexibility index (Phi) is 6.36. The fourth-order valence-electron chi connectivity index (χ4n) is 3.52. The van der Waals surface area contributed by atoms with Gasteiger partial charge in [-0.05, 0) is 61.7 Å². The first-order valence-corrected chi connectivity index (χ1v) is 9.93. The summed E-state index contributed by atoms with van der Waals surface area (Å²) >= 11 is 12.0. The van der Waals surface area contributed by atoms with E-state index in [1.54, 1.807) is 30.6 Å². The number of amides is 2. The van der Waals surface area contributed by atoms with Crippen molar-refractivity contribution in [2.75, 3.05) is 6.54 Å². The first-order chi connectivity index (χ1) is 13.7. The van der Waals surface area contributed by atoms with E-state index < -0.39 is 17.4 Å². The third-order valence-corrected chi connectivity index (χ3v) is 5.80. The summed E-state index contributed by atoms with van der Waals surface area (Å²) in [6.45, 7) is 4.21. The van der Waals surface area contributed by atoms with Gasteiger partial charge in [-0.2, -0.15) is 0 Å². The Bertz CT molecular complexity index is 899. The van der Waals surface area contributed by atoms with Crippen LogP contribution in [-0.4, -0.2) is 34.5 Å². The molecule has 1 aliphatic heterocycles. The molecule has 0 radical (unpaired) electrons. The molecule has 1 saturated heterocycles. The first kappa shape index (κ1) is 21.4. The summed E-state index contributed by atoms with van der Waals surface area (Å²) in [6.07, 6.45) is 0.579. The van der Waals surface area contributed by atoms with Gasteiger partial charge in [-0.25, -0.2) is 5.48 Å². The van der Waals surface area contributed by atoms with Gasteiger partial charge in [0.25, 0.3) is 5.91 Å². The maximum atomic E-state index is 13.0. The number of nitrogens with one attached hydrogen (secondary N) is 1. The van der Waals surface area contributed by atoms with E-state index in [1.165, 1.54) is 4.90 Å². The van der Waals surface area contributed by atoms with E-state index in [9.17, 15) is 9.59 Å². The van der Waals surface area contributed by atoms with Crippen LogP contribution < -0.4 is 10.2 Å². The predicted molar refractivity (Wildman–Crippen MR) is 110 cm³/mol. The molecule has 2 aromatic rings. The van der Waals surface area contributed by atoms with Crippen molar-refractivity contribution in [1.82, 2.24) is 10.4 Å². The summed E-state index contributed by atoms with van der Waals surface area (Å²) in [5.74, 6) is -0.0907. The van der Waals surface area contributed by atoms with Crippen molar-refractivity contribution in [3.05, 3.63) is 63.6 Å². The van der Waals surface area contributed by atoms with Crippen molar-refractivity contribution in [3.8, 4) is 5.75 Å². The van der Waals surface area contributed by atoms with Crippen molar-refractivity contribution >= 4 is 35.0 Å². The van der Waals surface area contributed by atoms with Crippen LogP contribution in [-0.2, 0) is 21.6 Å². The number of hydrogen-bond acceptors (Lipinski definition) is 4. The highest BCUT2D eigenvalue weighted by Crippen LogP contribution is 2.37. The van der Waals surface area contributed by atoms with Crippen LogP contribution in [0.2, 0.25) is 10.0 Å². The van der Waals surface area contributed by atoms with E-state index in [0.717, 1.165) is 11.1 Å². The highest BCUT2D eigenvalue weighted by atomic mass is 35.5. The summed E-state index contributed by atoms with van der Waals surface area (Å²) in [5.41, 5.74) is 2.58. The molecule has 8 heteroatoms. The molecular formula is C21H22Cl2N2O4. The van der Waals surface area contributed by atoms with Crippen LogP contribution in [0.15, 0.2) is 42.5 Å². The van der Waals surface area contributed by atoms with Crippen LogP contribution in [0.5, 0.6) is 5.75 Å². The second-order valence-electron chi connectivity index (χ2n) is 7.32. The Balaban J connectivity index is 1.69. The summed E-state index contributed by atoms with van der Waals surface area (Å²) in [6, 6.07) is 11.9. The monoisotopic (exact) mass is 436 g/mol. The maximum absolute atomic E-state index is 13.0. The Morgan fingerprint density at radius 2 is 1.86 bits per heavy atom. The lowest BCUT2D eigenvalue weighted by atomic mass is 9.81. The normalized spacial score (nSPS) is 19.9. The lowest BCUT2D eigenvalue weighted by Gasteiger charge is -2.27. The molecule has 3 rings (SSSR count). The second kappa shape index (κ2) is 8.61. The van der Waals surface area contributed by atoms with Crippen LogP contribution in [0.25, 0.3) is 0 Å². The molecule has 2 amide bonds. The molecular weight excluding hydrogens is 415 g/mol. The Labute approximate surface area is 179 Å². The van der Waals surface area contributed by atoms with E-state index in [2.05, 4.69) is 0 Å². The average molecular weight is 437 g/mol. The van der Waals surface area contributed by atoms with Crippen molar-refractivity contribution in [2.24, 2.45) is 0 Å². The molecule has 2 N–H and O–H groups in total. The van der Waals surface area contributed by atoms with Crippen molar-refractivity contribution < 1.29 is 19.5 Å². The molecule has 0 aromatic heterocycles. The van der Waals surface area contributed by atoms with Crippen molar-refractivity contribution in [1.29, 1.82) is 0 Å². The van der Waals surface area contributed by atoms with E-state index in [-0.39, 0.29) is 5.91 Å². The topological polar surface area (TPSA) is 78.9 Å². The van der Waals surface area contributed by atoms with Gasteiger partial charge in [0.05, 0.1) is 5.41 Å². The van der Waals surface area contributed by atoms with Crippen LogP contribution in [0.3, 0.4) is 0 Å². The van der Waals surface area contributed by atoms with Crippen LogP contribution in [0.1, 0.15) is 31.4 Å². The largest absolute Gasteiger partial charge is 0.489 e. The number of carbonyl (C=O) groups excluding carboxylic acids is 2. The summed E-state index contributed by atoms with van der Waals surface area (Å²) in [5, 5.41) is 9.92. The SMILES string of the molecule is CC(C(=O)NO)N1CCC(C)(c2ccc(OCc3cc(Cl)cc(Cl)c3)cc2)C1=O. The molecule has 29 heavy (non-hydrogen) atoms. The van der Waals surface area contributed by atoms with Gasteiger partial charge in [-0.1, -0.05) is 35.3 Å². The predicted octanol–water partition coefficient (Wildman–Crippen LogP) is 3.96. The third-order valence-electron chi connectivity index (χ3n) is 5.36. The quantitative estimate of drug-likeness (QED) is 0.530. The van der Waals surface area contributed by atoms with Crippen molar-refractivity contribution in [3.63, 3.8) is 0 Å². The van der Waals surface area contributed by atoms with Gasteiger partial charge in [-0.15, -0.1) is 0 Å². The third kappa shape index (κ3) is 4.50. The number of hydroxylamine groups is 1. The zero-order chi connectivity index (χ0) is 21.2. The van der Waals surface area contributed by atoms with Gasteiger partial charge in [0, 0.05) is 16.6 Å². The molecule has 1 heterocycles. The minimum absolute atomic E-state index is 0.143. The molecule has 2 unspecified atom stereocenters. The Hall–Kier alpha value is -2.28. The zero-order valence-corrected chi connectivity index (χ0v) is 17.6.